The molecule has 1 aliphatic rings. The lowest BCUT2D eigenvalue weighted by atomic mass is 10.2. The Balaban J connectivity index is 1.90. The highest BCUT2D eigenvalue weighted by Gasteiger charge is 2.27. The molecule has 2 aromatic rings. The SMILES string of the molecule is CCCCOc1ccc(OC2=C(C(=O)OCC)NN(C)C(c3cccc(F)c3)=N2)cc1. The molecule has 0 aliphatic carbocycles. The fourth-order valence-electron chi connectivity index (χ4n) is 2.84. The second kappa shape index (κ2) is 10.5. The summed E-state index contributed by atoms with van der Waals surface area (Å²) < 4.78 is 30.4. The smallest absolute Gasteiger partial charge is 0.361 e. The number of carbonyl (C=O) groups is 1. The number of carbonyl (C=O) groups excluding carboxylic acids is 1. The average Bonchev–Trinajstić information content (AvgIpc) is 2.76. The van der Waals surface area contributed by atoms with Crippen LogP contribution < -0.4 is 14.9 Å². The van der Waals surface area contributed by atoms with E-state index in [-0.39, 0.29) is 18.2 Å². The van der Waals surface area contributed by atoms with Gasteiger partial charge >= 0.3 is 5.97 Å². The number of esters is 1. The zero-order valence-corrected chi connectivity index (χ0v) is 17.9. The molecule has 8 heteroatoms. The molecule has 0 saturated carbocycles. The summed E-state index contributed by atoms with van der Waals surface area (Å²) in [7, 11) is 1.67. The largest absolute Gasteiger partial charge is 0.494 e. The number of hydrazine groups is 1. The molecule has 0 fully saturated rings. The van der Waals surface area contributed by atoms with Crippen LogP contribution in [-0.4, -0.2) is 37.1 Å². The molecule has 7 nitrogen and oxygen atoms in total. The van der Waals surface area contributed by atoms with Gasteiger partial charge in [-0.3, -0.25) is 10.4 Å². The monoisotopic (exact) mass is 427 g/mol. The summed E-state index contributed by atoms with van der Waals surface area (Å²) >= 11 is 0. The van der Waals surface area contributed by atoms with Crippen LogP contribution in [0.1, 0.15) is 32.3 Å². The van der Waals surface area contributed by atoms with Crippen molar-refractivity contribution in [2.75, 3.05) is 20.3 Å². The summed E-state index contributed by atoms with van der Waals surface area (Å²) in [6.45, 7) is 4.66. The predicted molar refractivity (Wildman–Crippen MR) is 115 cm³/mol. The summed E-state index contributed by atoms with van der Waals surface area (Å²) in [6.07, 6.45) is 2.03. The molecule has 0 aromatic heterocycles. The van der Waals surface area contributed by atoms with Gasteiger partial charge < -0.3 is 14.2 Å². The maximum atomic E-state index is 13.7. The van der Waals surface area contributed by atoms with Crippen molar-refractivity contribution in [3.05, 3.63) is 71.5 Å². The molecule has 1 heterocycles. The third-order valence-corrected chi connectivity index (χ3v) is 4.39. The van der Waals surface area contributed by atoms with Gasteiger partial charge in [0.15, 0.2) is 5.84 Å². The van der Waals surface area contributed by atoms with Gasteiger partial charge in [-0.15, -0.1) is 0 Å². The zero-order chi connectivity index (χ0) is 22.2. The summed E-state index contributed by atoms with van der Waals surface area (Å²) in [5.41, 5.74) is 3.50. The maximum Gasteiger partial charge on any atom is 0.361 e. The van der Waals surface area contributed by atoms with Gasteiger partial charge in [0.05, 0.1) is 13.2 Å². The molecule has 0 atom stereocenters. The maximum absolute atomic E-state index is 13.7. The number of amidine groups is 1. The highest BCUT2D eigenvalue weighted by molar-refractivity contribution is 6.01. The van der Waals surface area contributed by atoms with E-state index in [1.54, 1.807) is 50.4 Å². The third-order valence-electron chi connectivity index (χ3n) is 4.39. The van der Waals surface area contributed by atoms with Gasteiger partial charge in [-0.2, -0.15) is 4.99 Å². The minimum Gasteiger partial charge on any atom is -0.494 e. The molecule has 0 amide bonds. The Kier molecular flexibility index (Phi) is 7.48. The number of nitrogens with zero attached hydrogens (tertiary/aromatic N) is 2. The minimum atomic E-state index is -0.606. The molecule has 0 saturated heterocycles. The van der Waals surface area contributed by atoms with Crippen LogP contribution in [0, 0.1) is 5.82 Å². The van der Waals surface area contributed by atoms with Crippen LogP contribution in [0.2, 0.25) is 0 Å². The van der Waals surface area contributed by atoms with E-state index < -0.39 is 11.8 Å². The molecule has 164 valence electrons. The van der Waals surface area contributed by atoms with E-state index in [9.17, 15) is 9.18 Å². The third kappa shape index (κ3) is 5.75. The van der Waals surface area contributed by atoms with Crippen LogP contribution in [0.15, 0.2) is 65.1 Å². The topological polar surface area (TPSA) is 72.4 Å². The molecular formula is C23H26FN3O4. The van der Waals surface area contributed by atoms with E-state index in [1.807, 2.05) is 0 Å². The Morgan fingerprint density at radius 2 is 1.87 bits per heavy atom. The van der Waals surface area contributed by atoms with Gasteiger partial charge in [-0.1, -0.05) is 25.5 Å². The molecule has 1 N–H and O–H groups in total. The standard InChI is InChI=1S/C23H26FN3O4/c1-4-6-14-30-18-10-12-19(13-11-18)31-22-20(23(28)29-5-2)26-27(3)21(25-22)16-8-7-9-17(24)15-16/h7-13,15,26H,4-6,14H2,1-3H3. The number of rotatable bonds is 9. The second-order valence-electron chi connectivity index (χ2n) is 6.79. The highest BCUT2D eigenvalue weighted by Crippen LogP contribution is 2.24. The van der Waals surface area contributed by atoms with E-state index >= 15 is 0 Å². The van der Waals surface area contributed by atoms with E-state index in [0.29, 0.717) is 23.8 Å². The van der Waals surface area contributed by atoms with Crippen LogP contribution in [0.3, 0.4) is 0 Å². The van der Waals surface area contributed by atoms with Gasteiger partial charge in [-0.25, -0.2) is 9.18 Å². The van der Waals surface area contributed by atoms with Gasteiger partial charge in [0, 0.05) is 12.6 Å². The van der Waals surface area contributed by atoms with Gasteiger partial charge in [0.2, 0.25) is 5.70 Å². The first-order valence-corrected chi connectivity index (χ1v) is 10.2. The lowest BCUT2D eigenvalue weighted by Gasteiger charge is -2.29. The van der Waals surface area contributed by atoms with Crippen molar-refractivity contribution in [3.63, 3.8) is 0 Å². The molecule has 2 aromatic carbocycles. The molecule has 31 heavy (non-hydrogen) atoms. The number of aliphatic imine (C=N–C) groups is 1. The van der Waals surface area contributed by atoms with Crippen molar-refractivity contribution in [1.82, 2.24) is 10.4 Å². The number of ether oxygens (including phenoxy) is 3. The van der Waals surface area contributed by atoms with Crippen LogP contribution in [0.5, 0.6) is 11.5 Å². The molecule has 0 bridgehead atoms. The van der Waals surface area contributed by atoms with Gasteiger partial charge in [-0.05, 0) is 49.7 Å². The molecule has 0 spiro atoms. The second-order valence-corrected chi connectivity index (χ2v) is 6.79. The van der Waals surface area contributed by atoms with Crippen molar-refractivity contribution >= 4 is 11.8 Å². The van der Waals surface area contributed by atoms with Crippen molar-refractivity contribution in [2.45, 2.75) is 26.7 Å². The first-order chi connectivity index (χ1) is 15.0. The Morgan fingerprint density at radius 3 is 2.55 bits per heavy atom. The van der Waals surface area contributed by atoms with E-state index in [4.69, 9.17) is 14.2 Å². The summed E-state index contributed by atoms with van der Waals surface area (Å²) in [6, 6.07) is 13.0. The Labute approximate surface area is 181 Å². The van der Waals surface area contributed by atoms with Gasteiger partial charge in [0.1, 0.15) is 17.3 Å². The molecule has 1 aliphatic heterocycles. The Morgan fingerprint density at radius 1 is 1.13 bits per heavy atom. The first-order valence-electron chi connectivity index (χ1n) is 10.2. The number of benzene rings is 2. The van der Waals surface area contributed by atoms with E-state index in [0.717, 1.165) is 18.6 Å². The highest BCUT2D eigenvalue weighted by atomic mass is 19.1. The normalized spacial score (nSPS) is 13.4. The Hall–Kier alpha value is -3.55. The molecular weight excluding hydrogens is 401 g/mol. The first kappa shape index (κ1) is 22.1. The summed E-state index contributed by atoms with van der Waals surface area (Å²) in [5.74, 6) is 0.609. The zero-order valence-electron chi connectivity index (χ0n) is 17.9. The van der Waals surface area contributed by atoms with Crippen molar-refractivity contribution in [2.24, 2.45) is 4.99 Å². The number of halogens is 1. The summed E-state index contributed by atoms with van der Waals surface area (Å²) in [4.78, 5) is 16.9. The molecule has 3 rings (SSSR count). The van der Waals surface area contributed by atoms with Crippen molar-refractivity contribution < 1.29 is 23.4 Å². The van der Waals surface area contributed by atoms with Crippen molar-refractivity contribution in [1.29, 1.82) is 0 Å². The number of hydrogen-bond acceptors (Lipinski definition) is 7. The van der Waals surface area contributed by atoms with Crippen molar-refractivity contribution in [3.8, 4) is 11.5 Å². The van der Waals surface area contributed by atoms with Crippen LogP contribution in [-0.2, 0) is 9.53 Å². The Bertz CT molecular complexity index is 973. The lowest BCUT2D eigenvalue weighted by molar-refractivity contribution is -0.139. The lowest BCUT2D eigenvalue weighted by Crippen LogP contribution is -2.45. The van der Waals surface area contributed by atoms with Crippen LogP contribution >= 0.6 is 0 Å². The van der Waals surface area contributed by atoms with Crippen LogP contribution in [0.25, 0.3) is 0 Å². The number of unbranched alkanes of at least 4 members (excludes halogenated alkanes) is 1. The fraction of sp³-hybridized carbons (Fsp3) is 0.304. The van der Waals surface area contributed by atoms with Crippen LogP contribution in [0.4, 0.5) is 4.39 Å². The average molecular weight is 427 g/mol. The number of hydrogen-bond donors (Lipinski definition) is 1. The predicted octanol–water partition coefficient (Wildman–Crippen LogP) is 4.01. The fourth-order valence-corrected chi connectivity index (χ4v) is 2.84. The summed E-state index contributed by atoms with van der Waals surface area (Å²) in [5, 5.41) is 1.51. The quantitative estimate of drug-likeness (QED) is 0.482. The minimum absolute atomic E-state index is 0.0236. The van der Waals surface area contributed by atoms with E-state index in [2.05, 4.69) is 17.3 Å². The molecule has 0 unspecified atom stereocenters. The number of nitrogens with one attached hydrogen (secondary N) is 1. The van der Waals surface area contributed by atoms with E-state index in [1.165, 1.54) is 17.1 Å². The van der Waals surface area contributed by atoms with Gasteiger partial charge in [0.25, 0.3) is 5.88 Å². The molecule has 0 radical (unpaired) electrons.